The van der Waals surface area contributed by atoms with Crippen LogP contribution in [0.3, 0.4) is 0 Å². The smallest absolute Gasteiger partial charge is 0.152 e. The minimum atomic E-state index is -0.369. The molecule has 0 aliphatic carbocycles. The molecule has 0 aromatic rings. The fourth-order valence-corrected chi connectivity index (χ4v) is 0.491. The lowest BCUT2D eigenvalue weighted by molar-refractivity contribution is -0.112. The van der Waals surface area contributed by atoms with Crippen LogP contribution in [0, 0.1) is 0 Å². The van der Waals surface area contributed by atoms with Crippen LogP contribution < -0.4 is 11.1 Å². The Hall–Kier alpha value is -0.670. The summed E-state index contributed by atoms with van der Waals surface area (Å²) < 4.78 is 0. The maximum absolute atomic E-state index is 10.6. The summed E-state index contributed by atoms with van der Waals surface area (Å²) in [6.07, 6.45) is 1.57. The Balaban J connectivity index is -0.000000245. The highest BCUT2D eigenvalue weighted by molar-refractivity contribution is 5.88. The van der Waals surface area contributed by atoms with E-state index in [0.29, 0.717) is 0 Å². The summed E-state index contributed by atoms with van der Waals surface area (Å²) in [5.41, 5.74) is 6.25. The van der Waals surface area contributed by atoms with E-state index in [1.165, 1.54) is 6.92 Å². The molecule has 3 nitrogen and oxygen atoms in total. The standard InChI is InChI=1S/C8H15NO.C2H7N.C2H6/c1-6(5-7(2)10)8(3,4)9;1-3-2;1-2/h5H,9H2,1-4H3;3H,1-2H3;1-2H3/b6-5+;;. The normalized spacial score (nSPS) is 10.6. The minimum Gasteiger partial charge on any atom is -0.323 e. The highest BCUT2D eigenvalue weighted by atomic mass is 16.1. The Kier molecular flexibility index (Phi) is 15.1. The molecular weight excluding hydrogens is 188 g/mol. The fraction of sp³-hybridized carbons (Fsp3) is 0.750. The van der Waals surface area contributed by atoms with Crippen molar-refractivity contribution in [1.82, 2.24) is 5.32 Å². The van der Waals surface area contributed by atoms with Gasteiger partial charge in [0.2, 0.25) is 0 Å². The van der Waals surface area contributed by atoms with Gasteiger partial charge >= 0.3 is 0 Å². The molecule has 0 unspecified atom stereocenters. The third-order valence-corrected chi connectivity index (χ3v) is 1.44. The predicted molar refractivity (Wildman–Crippen MR) is 69.0 cm³/mol. The van der Waals surface area contributed by atoms with Gasteiger partial charge in [-0.2, -0.15) is 0 Å². The molecule has 3 N–H and O–H groups in total. The van der Waals surface area contributed by atoms with E-state index in [2.05, 4.69) is 5.32 Å². The molecule has 0 aromatic heterocycles. The van der Waals surface area contributed by atoms with Gasteiger partial charge < -0.3 is 11.1 Å². The predicted octanol–water partition coefficient (Wildman–Crippen LogP) is 2.12. The van der Waals surface area contributed by atoms with Gasteiger partial charge in [-0.25, -0.2) is 0 Å². The average Bonchev–Trinajstić information content (AvgIpc) is 2.06. The van der Waals surface area contributed by atoms with E-state index >= 15 is 0 Å². The molecule has 0 radical (unpaired) electrons. The first-order chi connectivity index (χ1) is 6.75. The third-order valence-electron chi connectivity index (χ3n) is 1.44. The lowest BCUT2D eigenvalue weighted by Crippen LogP contribution is -2.33. The monoisotopic (exact) mass is 216 g/mol. The van der Waals surface area contributed by atoms with Gasteiger partial charge in [0.05, 0.1) is 0 Å². The second-order valence-electron chi connectivity index (χ2n) is 3.66. The third kappa shape index (κ3) is 19.7. The largest absolute Gasteiger partial charge is 0.323 e. The number of hydrogen-bond donors (Lipinski definition) is 2. The molecule has 0 bridgehead atoms. The van der Waals surface area contributed by atoms with Crippen molar-refractivity contribution in [1.29, 1.82) is 0 Å². The van der Waals surface area contributed by atoms with Gasteiger partial charge in [0.25, 0.3) is 0 Å². The van der Waals surface area contributed by atoms with Crippen molar-refractivity contribution in [2.24, 2.45) is 5.73 Å². The summed E-state index contributed by atoms with van der Waals surface area (Å²) in [6.45, 7) is 11.1. The maximum Gasteiger partial charge on any atom is 0.152 e. The first-order valence-electron chi connectivity index (χ1n) is 5.32. The molecule has 92 valence electrons. The molecule has 0 aliphatic heterocycles. The molecule has 0 saturated heterocycles. The molecule has 15 heavy (non-hydrogen) atoms. The molecule has 0 aliphatic rings. The van der Waals surface area contributed by atoms with Crippen molar-refractivity contribution in [3.8, 4) is 0 Å². The van der Waals surface area contributed by atoms with Crippen LogP contribution >= 0.6 is 0 Å². The number of rotatable bonds is 2. The van der Waals surface area contributed by atoms with E-state index in [4.69, 9.17) is 5.73 Å². The van der Waals surface area contributed by atoms with E-state index in [-0.39, 0.29) is 11.3 Å². The van der Waals surface area contributed by atoms with Crippen molar-refractivity contribution in [3.63, 3.8) is 0 Å². The van der Waals surface area contributed by atoms with Crippen LogP contribution in [0.15, 0.2) is 11.6 Å². The molecule has 0 amide bonds. The fourth-order valence-electron chi connectivity index (χ4n) is 0.491. The van der Waals surface area contributed by atoms with Gasteiger partial charge in [-0.1, -0.05) is 19.4 Å². The van der Waals surface area contributed by atoms with Crippen LogP contribution in [0.5, 0.6) is 0 Å². The van der Waals surface area contributed by atoms with E-state index < -0.39 is 0 Å². The zero-order chi connectivity index (χ0) is 13.1. The van der Waals surface area contributed by atoms with Crippen LogP contribution in [0.4, 0.5) is 0 Å². The van der Waals surface area contributed by atoms with Crippen LogP contribution in [-0.2, 0) is 4.79 Å². The van der Waals surface area contributed by atoms with E-state index in [1.54, 1.807) is 6.08 Å². The second-order valence-corrected chi connectivity index (χ2v) is 3.66. The van der Waals surface area contributed by atoms with E-state index in [0.717, 1.165) is 5.57 Å². The highest BCUT2D eigenvalue weighted by Crippen LogP contribution is 2.10. The minimum absolute atomic E-state index is 0.0519. The van der Waals surface area contributed by atoms with E-state index in [1.807, 2.05) is 48.7 Å². The summed E-state index contributed by atoms with van der Waals surface area (Å²) in [6, 6.07) is 0. The maximum atomic E-state index is 10.6. The number of allylic oxidation sites excluding steroid dienone is 1. The molecule has 0 saturated carbocycles. The van der Waals surface area contributed by atoms with Gasteiger partial charge in [-0.3, -0.25) is 4.79 Å². The lowest BCUT2D eigenvalue weighted by atomic mass is 9.96. The number of carbonyl (C=O) groups excluding carboxylic acids is 1. The van der Waals surface area contributed by atoms with Gasteiger partial charge in [-0.15, -0.1) is 0 Å². The van der Waals surface area contributed by atoms with Crippen molar-refractivity contribution < 1.29 is 4.79 Å². The molecule has 0 spiro atoms. The van der Waals surface area contributed by atoms with Crippen molar-refractivity contribution >= 4 is 5.78 Å². The van der Waals surface area contributed by atoms with Gasteiger partial charge in [0.15, 0.2) is 5.78 Å². The zero-order valence-electron chi connectivity index (χ0n) is 11.6. The van der Waals surface area contributed by atoms with Crippen LogP contribution in [0.25, 0.3) is 0 Å². The van der Waals surface area contributed by atoms with Crippen LogP contribution in [0.2, 0.25) is 0 Å². The number of hydrogen-bond acceptors (Lipinski definition) is 3. The summed E-state index contributed by atoms with van der Waals surface area (Å²) in [4.78, 5) is 10.6. The Labute approximate surface area is 95.1 Å². The number of nitrogens with one attached hydrogen (secondary N) is 1. The molecule has 3 heteroatoms. The van der Waals surface area contributed by atoms with Crippen LogP contribution in [-0.4, -0.2) is 25.4 Å². The van der Waals surface area contributed by atoms with Crippen molar-refractivity contribution in [3.05, 3.63) is 11.6 Å². The lowest BCUT2D eigenvalue weighted by Gasteiger charge is -2.18. The van der Waals surface area contributed by atoms with Gasteiger partial charge in [0.1, 0.15) is 0 Å². The average molecular weight is 216 g/mol. The first-order valence-corrected chi connectivity index (χ1v) is 5.32. The second kappa shape index (κ2) is 11.4. The zero-order valence-corrected chi connectivity index (χ0v) is 11.6. The molecule has 0 heterocycles. The highest BCUT2D eigenvalue weighted by Gasteiger charge is 2.12. The van der Waals surface area contributed by atoms with Gasteiger partial charge in [0, 0.05) is 5.54 Å². The molecule has 0 atom stereocenters. The quantitative estimate of drug-likeness (QED) is 0.695. The number of nitrogens with two attached hydrogens (primary N) is 1. The summed E-state index contributed by atoms with van der Waals surface area (Å²) >= 11 is 0. The molecular formula is C12H28N2O. The van der Waals surface area contributed by atoms with Crippen molar-refractivity contribution in [2.75, 3.05) is 14.1 Å². The summed E-state index contributed by atoms with van der Waals surface area (Å²) in [5.74, 6) is 0.0519. The SMILES string of the molecule is CC.CC(=O)/C=C(\C)C(C)(C)N.CNC. The van der Waals surface area contributed by atoms with Crippen molar-refractivity contribution in [2.45, 2.75) is 47.1 Å². The van der Waals surface area contributed by atoms with Gasteiger partial charge in [-0.05, 0) is 47.9 Å². The number of ketones is 1. The molecule has 0 aromatic carbocycles. The Morgan fingerprint density at radius 2 is 1.47 bits per heavy atom. The Bertz CT molecular complexity index is 179. The summed E-state index contributed by atoms with van der Waals surface area (Å²) in [5, 5.41) is 2.75. The van der Waals surface area contributed by atoms with Crippen LogP contribution in [0.1, 0.15) is 41.5 Å². The Morgan fingerprint density at radius 3 is 1.53 bits per heavy atom. The Morgan fingerprint density at radius 1 is 1.20 bits per heavy atom. The topological polar surface area (TPSA) is 55.1 Å². The molecule has 0 rings (SSSR count). The summed E-state index contributed by atoms with van der Waals surface area (Å²) in [7, 11) is 3.75. The first kappa shape index (κ1) is 19.8. The van der Waals surface area contributed by atoms with E-state index in [9.17, 15) is 4.79 Å². The molecule has 0 fully saturated rings. The number of carbonyl (C=O) groups is 1.